The van der Waals surface area contributed by atoms with Crippen molar-refractivity contribution in [3.63, 3.8) is 0 Å². The summed E-state index contributed by atoms with van der Waals surface area (Å²) in [5.74, 6) is -0.307. The van der Waals surface area contributed by atoms with E-state index in [1.807, 2.05) is 13.8 Å². The van der Waals surface area contributed by atoms with Gasteiger partial charge in [-0.3, -0.25) is 4.79 Å². The van der Waals surface area contributed by atoms with Crippen molar-refractivity contribution in [2.45, 2.75) is 26.7 Å². The van der Waals surface area contributed by atoms with Gasteiger partial charge in [0.1, 0.15) is 6.29 Å². The molecule has 13 heavy (non-hydrogen) atoms. The number of carbonyl (C=O) groups is 2. The van der Waals surface area contributed by atoms with Gasteiger partial charge in [-0.2, -0.15) is 0 Å². The van der Waals surface area contributed by atoms with Gasteiger partial charge in [-0.15, -0.1) is 0 Å². The van der Waals surface area contributed by atoms with Crippen molar-refractivity contribution in [3.05, 3.63) is 0 Å². The van der Waals surface area contributed by atoms with E-state index in [0.29, 0.717) is 0 Å². The van der Waals surface area contributed by atoms with Crippen LogP contribution in [0.5, 0.6) is 0 Å². The smallest absolute Gasteiger partial charge is 0.309 e. The Labute approximate surface area is 78.5 Å². The van der Waals surface area contributed by atoms with E-state index in [2.05, 4.69) is 0 Å². The lowest BCUT2D eigenvalue weighted by atomic mass is 9.76. The lowest BCUT2D eigenvalue weighted by molar-refractivity contribution is -0.149. The molecule has 74 valence electrons. The first kappa shape index (κ1) is 10.2. The number of rotatable bonds is 2. The highest BCUT2D eigenvalue weighted by molar-refractivity contribution is 5.75. The molecule has 1 aliphatic carbocycles. The summed E-state index contributed by atoms with van der Waals surface area (Å²) in [7, 11) is 1.40. The lowest BCUT2D eigenvalue weighted by Gasteiger charge is -2.28. The molecule has 0 radical (unpaired) electrons. The van der Waals surface area contributed by atoms with E-state index in [-0.39, 0.29) is 23.2 Å². The van der Waals surface area contributed by atoms with Crippen LogP contribution in [0.1, 0.15) is 26.7 Å². The molecule has 1 rings (SSSR count). The zero-order chi connectivity index (χ0) is 10.1. The predicted octanol–water partition coefficient (Wildman–Crippen LogP) is 1.41. The highest BCUT2D eigenvalue weighted by Gasteiger charge is 2.47. The van der Waals surface area contributed by atoms with E-state index in [1.54, 1.807) is 0 Å². The minimum absolute atomic E-state index is 0.00315. The Morgan fingerprint density at radius 2 is 2.08 bits per heavy atom. The summed E-state index contributed by atoms with van der Waals surface area (Å²) < 4.78 is 4.71. The van der Waals surface area contributed by atoms with Crippen LogP contribution in [0.4, 0.5) is 0 Å². The molecule has 0 amide bonds. The first-order chi connectivity index (χ1) is 6.04. The number of hydrogen-bond acceptors (Lipinski definition) is 3. The summed E-state index contributed by atoms with van der Waals surface area (Å²) in [6, 6.07) is 0. The van der Waals surface area contributed by atoms with Crippen LogP contribution in [0.3, 0.4) is 0 Å². The Morgan fingerprint density at radius 1 is 1.46 bits per heavy atom. The Morgan fingerprint density at radius 3 is 2.46 bits per heavy atom. The third kappa shape index (κ3) is 1.60. The second-order valence-corrected chi connectivity index (χ2v) is 4.22. The fourth-order valence-electron chi connectivity index (χ4n) is 2.16. The summed E-state index contributed by atoms with van der Waals surface area (Å²) in [4.78, 5) is 22.1. The zero-order valence-electron chi connectivity index (χ0n) is 8.37. The number of aldehydes is 1. The molecule has 1 saturated carbocycles. The van der Waals surface area contributed by atoms with E-state index in [0.717, 1.165) is 19.1 Å². The Kier molecular flexibility index (Phi) is 2.74. The summed E-state index contributed by atoms with van der Waals surface area (Å²) in [5.41, 5.74) is -0.241. The maximum atomic E-state index is 11.4. The molecule has 3 heteroatoms. The SMILES string of the molecule is COC(=O)C1CCC(C=O)C1(C)C. The fourth-order valence-corrected chi connectivity index (χ4v) is 2.16. The quantitative estimate of drug-likeness (QED) is 0.481. The second kappa shape index (κ2) is 3.48. The molecule has 3 nitrogen and oxygen atoms in total. The maximum Gasteiger partial charge on any atom is 0.309 e. The molecule has 0 aromatic heterocycles. The van der Waals surface area contributed by atoms with Crippen molar-refractivity contribution in [3.8, 4) is 0 Å². The highest BCUT2D eigenvalue weighted by Crippen LogP contribution is 2.46. The van der Waals surface area contributed by atoms with Crippen LogP contribution >= 0.6 is 0 Å². The van der Waals surface area contributed by atoms with Crippen LogP contribution in [0.25, 0.3) is 0 Å². The molecule has 0 saturated heterocycles. The van der Waals surface area contributed by atoms with Crippen molar-refractivity contribution in [2.75, 3.05) is 7.11 Å². The van der Waals surface area contributed by atoms with Crippen molar-refractivity contribution in [2.24, 2.45) is 17.3 Å². The topological polar surface area (TPSA) is 43.4 Å². The number of hydrogen-bond donors (Lipinski definition) is 0. The number of esters is 1. The van der Waals surface area contributed by atoms with Crippen LogP contribution in [-0.4, -0.2) is 19.4 Å². The average molecular weight is 184 g/mol. The Hall–Kier alpha value is -0.860. The van der Waals surface area contributed by atoms with Gasteiger partial charge in [0, 0.05) is 5.92 Å². The molecule has 0 heterocycles. The van der Waals surface area contributed by atoms with Gasteiger partial charge in [0.2, 0.25) is 0 Å². The Balaban J connectivity index is 2.80. The molecule has 0 aromatic carbocycles. The minimum Gasteiger partial charge on any atom is -0.469 e. The highest BCUT2D eigenvalue weighted by atomic mass is 16.5. The summed E-state index contributed by atoms with van der Waals surface area (Å²) >= 11 is 0. The molecule has 0 aliphatic heterocycles. The molecule has 0 bridgehead atoms. The van der Waals surface area contributed by atoms with Crippen LogP contribution in [0, 0.1) is 17.3 Å². The molecule has 1 fully saturated rings. The van der Waals surface area contributed by atoms with Gasteiger partial charge in [0.15, 0.2) is 0 Å². The predicted molar refractivity (Wildman–Crippen MR) is 48.1 cm³/mol. The van der Waals surface area contributed by atoms with Gasteiger partial charge in [-0.05, 0) is 18.3 Å². The largest absolute Gasteiger partial charge is 0.469 e. The normalized spacial score (nSPS) is 31.3. The maximum absolute atomic E-state index is 11.4. The number of ether oxygens (including phenoxy) is 1. The van der Waals surface area contributed by atoms with Gasteiger partial charge >= 0.3 is 5.97 Å². The first-order valence-electron chi connectivity index (χ1n) is 4.57. The van der Waals surface area contributed by atoms with Gasteiger partial charge < -0.3 is 9.53 Å². The van der Waals surface area contributed by atoms with Gasteiger partial charge in [0.25, 0.3) is 0 Å². The van der Waals surface area contributed by atoms with Gasteiger partial charge in [-0.25, -0.2) is 0 Å². The van der Waals surface area contributed by atoms with Crippen molar-refractivity contribution in [1.82, 2.24) is 0 Å². The summed E-state index contributed by atoms with van der Waals surface area (Å²) in [6.07, 6.45) is 2.53. The van der Waals surface area contributed by atoms with E-state index in [1.165, 1.54) is 7.11 Å². The third-order valence-corrected chi connectivity index (χ3v) is 3.27. The molecule has 1 aliphatic rings. The van der Waals surface area contributed by atoms with Crippen LogP contribution in [0.2, 0.25) is 0 Å². The average Bonchev–Trinajstić information content (AvgIpc) is 2.39. The van der Waals surface area contributed by atoms with Crippen molar-refractivity contribution < 1.29 is 14.3 Å². The van der Waals surface area contributed by atoms with E-state index in [4.69, 9.17) is 4.74 Å². The summed E-state index contributed by atoms with van der Waals surface area (Å²) in [5, 5.41) is 0. The zero-order valence-corrected chi connectivity index (χ0v) is 8.37. The van der Waals surface area contributed by atoms with Crippen molar-refractivity contribution >= 4 is 12.3 Å². The van der Waals surface area contributed by atoms with Crippen LogP contribution in [-0.2, 0) is 14.3 Å². The van der Waals surface area contributed by atoms with Crippen molar-refractivity contribution in [1.29, 1.82) is 0 Å². The number of methoxy groups -OCH3 is 1. The Bertz CT molecular complexity index is 220. The van der Waals surface area contributed by atoms with Gasteiger partial charge in [0.05, 0.1) is 13.0 Å². The monoisotopic (exact) mass is 184 g/mol. The van der Waals surface area contributed by atoms with Gasteiger partial charge in [-0.1, -0.05) is 13.8 Å². The molecular weight excluding hydrogens is 168 g/mol. The fraction of sp³-hybridized carbons (Fsp3) is 0.800. The molecule has 2 atom stereocenters. The third-order valence-electron chi connectivity index (χ3n) is 3.27. The lowest BCUT2D eigenvalue weighted by Crippen LogP contribution is -2.31. The molecule has 0 aromatic rings. The second-order valence-electron chi connectivity index (χ2n) is 4.22. The van der Waals surface area contributed by atoms with E-state index < -0.39 is 0 Å². The molecule has 0 N–H and O–H groups in total. The number of carbonyl (C=O) groups excluding carboxylic acids is 2. The minimum atomic E-state index is -0.241. The van der Waals surface area contributed by atoms with Crippen LogP contribution < -0.4 is 0 Å². The molecular formula is C10H16O3. The van der Waals surface area contributed by atoms with E-state index in [9.17, 15) is 9.59 Å². The standard InChI is InChI=1S/C10H16O3/c1-10(2)7(6-11)4-5-8(10)9(12)13-3/h6-8H,4-5H2,1-3H3. The molecule has 2 unspecified atom stereocenters. The first-order valence-corrected chi connectivity index (χ1v) is 4.57. The molecule has 0 spiro atoms. The van der Waals surface area contributed by atoms with Crippen LogP contribution in [0.15, 0.2) is 0 Å². The summed E-state index contributed by atoms with van der Waals surface area (Å²) in [6.45, 7) is 3.92. The van der Waals surface area contributed by atoms with E-state index >= 15 is 0 Å².